The lowest BCUT2D eigenvalue weighted by Crippen LogP contribution is -2.11. The van der Waals surface area contributed by atoms with Gasteiger partial charge in [0.15, 0.2) is 0 Å². The first-order chi connectivity index (χ1) is 9.49. The van der Waals surface area contributed by atoms with Crippen LogP contribution >= 0.6 is 23.4 Å². The SMILES string of the molecule is CC(C)CCSCCCC(=O)Nc1ccc(Cl)c(N)c1. The van der Waals surface area contributed by atoms with Crippen LogP contribution in [0.2, 0.25) is 5.02 Å². The molecular weight excluding hydrogens is 292 g/mol. The number of carbonyl (C=O) groups excluding carboxylic acids is 1. The minimum absolute atomic E-state index is 0.0242. The number of hydrogen-bond donors (Lipinski definition) is 2. The smallest absolute Gasteiger partial charge is 0.224 e. The Hall–Kier alpha value is -0.870. The van der Waals surface area contributed by atoms with Gasteiger partial charge in [0.1, 0.15) is 0 Å². The molecule has 0 aromatic heterocycles. The number of nitrogens with two attached hydrogens (primary N) is 1. The van der Waals surface area contributed by atoms with Crippen LogP contribution in [0.15, 0.2) is 18.2 Å². The number of rotatable bonds is 8. The normalized spacial score (nSPS) is 10.8. The Labute approximate surface area is 130 Å². The van der Waals surface area contributed by atoms with E-state index in [1.54, 1.807) is 18.2 Å². The second-order valence-corrected chi connectivity index (χ2v) is 6.81. The van der Waals surface area contributed by atoms with Crippen molar-refractivity contribution in [1.82, 2.24) is 0 Å². The first-order valence-electron chi connectivity index (χ1n) is 6.91. The van der Waals surface area contributed by atoms with Crippen LogP contribution < -0.4 is 11.1 Å². The number of nitrogen functional groups attached to an aromatic ring is 1. The monoisotopic (exact) mass is 314 g/mol. The summed E-state index contributed by atoms with van der Waals surface area (Å²) >= 11 is 7.75. The molecule has 5 heteroatoms. The molecule has 0 unspecified atom stereocenters. The molecule has 0 spiro atoms. The van der Waals surface area contributed by atoms with Crippen LogP contribution in [-0.2, 0) is 4.79 Å². The van der Waals surface area contributed by atoms with Crippen LogP contribution in [0.3, 0.4) is 0 Å². The van der Waals surface area contributed by atoms with Gasteiger partial charge in [0, 0.05) is 12.1 Å². The molecule has 0 saturated carbocycles. The van der Waals surface area contributed by atoms with Crippen molar-refractivity contribution in [1.29, 1.82) is 0 Å². The molecule has 1 rings (SSSR count). The van der Waals surface area contributed by atoms with E-state index in [1.165, 1.54) is 12.2 Å². The number of thioether (sulfide) groups is 1. The lowest BCUT2D eigenvalue weighted by molar-refractivity contribution is -0.116. The number of amides is 1. The molecule has 0 radical (unpaired) electrons. The minimum Gasteiger partial charge on any atom is -0.397 e. The van der Waals surface area contributed by atoms with Crippen molar-refractivity contribution >= 4 is 40.6 Å². The zero-order valence-corrected chi connectivity index (χ0v) is 13.7. The van der Waals surface area contributed by atoms with Gasteiger partial charge in [-0.15, -0.1) is 0 Å². The van der Waals surface area contributed by atoms with Crippen LogP contribution in [0.25, 0.3) is 0 Å². The van der Waals surface area contributed by atoms with Gasteiger partial charge in [-0.2, -0.15) is 11.8 Å². The zero-order valence-electron chi connectivity index (χ0n) is 12.1. The average molecular weight is 315 g/mol. The van der Waals surface area contributed by atoms with Gasteiger partial charge in [0.2, 0.25) is 5.91 Å². The van der Waals surface area contributed by atoms with Gasteiger partial charge in [-0.3, -0.25) is 4.79 Å². The Morgan fingerprint density at radius 3 is 2.80 bits per heavy atom. The van der Waals surface area contributed by atoms with Crippen LogP contribution in [0, 0.1) is 5.92 Å². The third-order valence-electron chi connectivity index (χ3n) is 2.81. The maximum absolute atomic E-state index is 11.8. The summed E-state index contributed by atoms with van der Waals surface area (Å²) in [5.41, 5.74) is 6.87. The topological polar surface area (TPSA) is 55.1 Å². The van der Waals surface area contributed by atoms with Gasteiger partial charge < -0.3 is 11.1 Å². The largest absolute Gasteiger partial charge is 0.397 e. The van der Waals surface area contributed by atoms with E-state index in [0.29, 0.717) is 22.8 Å². The fourth-order valence-corrected chi connectivity index (χ4v) is 2.91. The molecule has 112 valence electrons. The van der Waals surface area contributed by atoms with E-state index in [-0.39, 0.29) is 5.91 Å². The number of hydrogen-bond acceptors (Lipinski definition) is 3. The van der Waals surface area contributed by atoms with Gasteiger partial charge in [0.05, 0.1) is 10.7 Å². The molecule has 3 N–H and O–H groups in total. The lowest BCUT2D eigenvalue weighted by Gasteiger charge is -2.07. The Morgan fingerprint density at radius 1 is 1.40 bits per heavy atom. The first-order valence-corrected chi connectivity index (χ1v) is 8.45. The van der Waals surface area contributed by atoms with Crippen LogP contribution in [0.4, 0.5) is 11.4 Å². The molecule has 0 fully saturated rings. The van der Waals surface area contributed by atoms with Gasteiger partial charge in [-0.05, 0) is 48.5 Å². The maximum atomic E-state index is 11.8. The summed E-state index contributed by atoms with van der Waals surface area (Å²) < 4.78 is 0. The highest BCUT2D eigenvalue weighted by atomic mass is 35.5. The molecule has 3 nitrogen and oxygen atoms in total. The number of benzene rings is 1. The highest BCUT2D eigenvalue weighted by molar-refractivity contribution is 7.99. The van der Waals surface area contributed by atoms with Crippen LogP contribution in [0.1, 0.15) is 33.1 Å². The van der Waals surface area contributed by atoms with Crippen molar-refractivity contribution in [2.24, 2.45) is 5.92 Å². The van der Waals surface area contributed by atoms with E-state index in [1.807, 2.05) is 11.8 Å². The molecule has 0 aliphatic heterocycles. The highest BCUT2D eigenvalue weighted by Gasteiger charge is 2.04. The van der Waals surface area contributed by atoms with E-state index in [0.717, 1.165) is 18.1 Å². The Morgan fingerprint density at radius 2 is 2.15 bits per heavy atom. The van der Waals surface area contributed by atoms with Crippen molar-refractivity contribution in [2.75, 3.05) is 22.6 Å². The van der Waals surface area contributed by atoms with Gasteiger partial charge in [-0.25, -0.2) is 0 Å². The van der Waals surface area contributed by atoms with Gasteiger partial charge >= 0.3 is 0 Å². The predicted molar refractivity (Wildman–Crippen MR) is 90.5 cm³/mol. The molecule has 1 aromatic carbocycles. The van der Waals surface area contributed by atoms with E-state index >= 15 is 0 Å². The van der Waals surface area contributed by atoms with E-state index < -0.39 is 0 Å². The van der Waals surface area contributed by atoms with Crippen molar-refractivity contribution in [3.63, 3.8) is 0 Å². The summed E-state index contributed by atoms with van der Waals surface area (Å²) in [5.74, 6) is 2.98. The van der Waals surface area contributed by atoms with Crippen molar-refractivity contribution in [3.05, 3.63) is 23.2 Å². The molecule has 1 amide bonds. The lowest BCUT2D eigenvalue weighted by atomic mass is 10.2. The molecule has 0 heterocycles. The third-order valence-corrected chi connectivity index (χ3v) is 4.26. The number of anilines is 2. The molecule has 0 aliphatic rings. The van der Waals surface area contributed by atoms with Crippen LogP contribution in [0.5, 0.6) is 0 Å². The van der Waals surface area contributed by atoms with E-state index in [4.69, 9.17) is 17.3 Å². The van der Waals surface area contributed by atoms with Gasteiger partial charge in [0.25, 0.3) is 0 Å². The molecule has 0 bridgehead atoms. The maximum Gasteiger partial charge on any atom is 0.224 e. The quantitative estimate of drug-likeness (QED) is 0.551. The standard InChI is InChI=1S/C15H23ClN2OS/c1-11(2)7-9-20-8-3-4-15(19)18-12-5-6-13(16)14(17)10-12/h5-6,10-11H,3-4,7-9,17H2,1-2H3,(H,18,19). The Balaban J connectivity index is 2.18. The second-order valence-electron chi connectivity index (χ2n) is 5.18. The summed E-state index contributed by atoms with van der Waals surface area (Å²) in [6.07, 6.45) is 2.68. The summed E-state index contributed by atoms with van der Waals surface area (Å²) in [5, 5.41) is 3.34. The number of halogens is 1. The molecule has 1 aromatic rings. The number of nitrogens with one attached hydrogen (secondary N) is 1. The number of carbonyl (C=O) groups is 1. The fourth-order valence-electron chi connectivity index (χ4n) is 1.60. The van der Waals surface area contributed by atoms with Crippen LogP contribution in [-0.4, -0.2) is 17.4 Å². The second kappa shape index (κ2) is 9.14. The predicted octanol–water partition coefficient (Wildman–Crippen LogP) is 4.42. The zero-order chi connectivity index (χ0) is 15.0. The summed E-state index contributed by atoms with van der Waals surface area (Å²) in [6, 6.07) is 5.12. The first kappa shape index (κ1) is 17.2. The van der Waals surface area contributed by atoms with Gasteiger partial charge in [-0.1, -0.05) is 25.4 Å². The van der Waals surface area contributed by atoms with E-state index in [2.05, 4.69) is 19.2 Å². The third kappa shape index (κ3) is 7.06. The summed E-state index contributed by atoms with van der Waals surface area (Å²) in [4.78, 5) is 11.8. The van der Waals surface area contributed by atoms with Crippen molar-refractivity contribution in [2.45, 2.75) is 33.1 Å². The molecule has 0 aliphatic carbocycles. The highest BCUT2D eigenvalue weighted by Crippen LogP contribution is 2.22. The summed E-state index contributed by atoms with van der Waals surface area (Å²) in [6.45, 7) is 4.46. The minimum atomic E-state index is 0.0242. The Kier molecular flexibility index (Phi) is 7.85. The van der Waals surface area contributed by atoms with Crippen molar-refractivity contribution in [3.8, 4) is 0 Å². The average Bonchev–Trinajstić information content (AvgIpc) is 2.38. The molecule has 20 heavy (non-hydrogen) atoms. The van der Waals surface area contributed by atoms with E-state index in [9.17, 15) is 4.79 Å². The molecule has 0 atom stereocenters. The Bertz CT molecular complexity index is 438. The van der Waals surface area contributed by atoms with Crippen molar-refractivity contribution < 1.29 is 4.79 Å². The molecule has 0 saturated heterocycles. The molecular formula is C15H23ClN2OS. The summed E-state index contributed by atoms with van der Waals surface area (Å²) in [7, 11) is 0. The fraction of sp³-hybridized carbons (Fsp3) is 0.533.